The fourth-order valence-corrected chi connectivity index (χ4v) is 3.19. The number of rotatable bonds is 3. The quantitative estimate of drug-likeness (QED) is 0.946. The predicted molar refractivity (Wildman–Crippen MR) is 87.8 cm³/mol. The lowest BCUT2D eigenvalue weighted by Crippen LogP contribution is -2.36. The molecule has 116 valence electrons. The number of aromatic nitrogens is 2. The third-order valence-corrected chi connectivity index (χ3v) is 4.38. The zero-order valence-corrected chi connectivity index (χ0v) is 13.2. The molecule has 0 spiro atoms. The number of benzene rings is 1. The van der Waals surface area contributed by atoms with Crippen molar-refractivity contribution in [3.8, 4) is 0 Å². The van der Waals surface area contributed by atoms with Crippen molar-refractivity contribution in [1.82, 2.24) is 9.97 Å². The molecule has 22 heavy (non-hydrogen) atoms. The minimum Gasteiger partial charge on any atom is -0.388 e. The van der Waals surface area contributed by atoms with Gasteiger partial charge in [-0.25, -0.2) is 9.97 Å². The standard InChI is InChI=1S/C18H23N3O/c1-13-12-14(2)20-18(19-13)21-10-8-16(9-11-21)17(22)15-6-4-3-5-7-15/h3-7,12,16-17,22H,8-11H2,1-2H3. The molecule has 1 aliphatic heterocycles. The zero-order chi connectivity index (χ0) is 15.5. The van der Waals surface area contributed by atoms with Crippen molar-refractivity contribution in [2.45, 2.75) is 32.8 Å². The molecule has 0 aliphatic carbocycles. The number of aryl methyl sites for hydroxylation is 2. The topological polar surface area (TPSA) is 49.2 Å². The molecule has 1 aliphatic rings. The predicted octanol–water partition coefficient (Wildman–Crippen LogP) is 3.04. The first-order valence-corrected chi connectivity index (χ1v) is 7.94. The zero-order valence-electron chi connectivity index (χ0n) is 13.2. The van der Waals surface area contributed by atoms with Crippen LogP contribution in [0.5, 0.6) is 0 Å². The molecule has 0 radical (unpaired) electrons. The van der Waals surface area contributed by atoms with Crippen LogP contribution in [0.15, 0.2) is 36.4 Å². The average Bonchev–Trinajstić information content (AvgIpc) is 2.54. The van der Waals surface area contributed by atoms with E-state index in [9.17, 15) is 5.11 Å². The van der Waals surface area contributed by atoms with Gasteiger partial charge in [0.15, 0.2) is 0 Å². The minimum absolute atomic E-state index is 0.310. The lowest BCUT2D eigenvalue weighted by atomic mass is 9.87. The maximum atomic E-state index is 10.5. The maximum absolute atomic E-state index is 10.5. The molecule has 1 unspecified atom stereocenters. The van der Waals surface area contributed by atoms with Crippen molar-refractivity contribution in [2.75, 3.05) is 18.0 Å². The smallest absolute Gasteiger partial charge is 0.225 e. The molecule has 1 fully saturated rings. The molecular weight excluding hydrogens is 274 g/mol. The fourth-order valence-electron chi connectivity index (χ4n) is 3.19. The van der Waals surface area contributed by atoms with Crippen LogP contribution in [0.2, 0.25) is 0 Å². The Morgan fingerprint density at radius 2 is 1.64 bits per heavy atom. The molecule has 1 N–H and O–H groups in total. The van der Waals surface area contributed by atoms with E-state index in [1.807, 2.05) is 50.2 Å². The van der Waals surface area contributed by atoms with E-state index < -0.39 is 0 Å². The Balaban J connectivity index is 1.65. The summed E-state index contributed by atoms with van der Waals surface area (Å²) < 4.78 is 0. The molecule has 2 heterocycles. The van der Waals surface area contributed by atoms with Crippen molar-refractivity contribution in [3.05, 3.63) is 53.3 Å². The van der Waals surface area contributed by atoms with E-state index in [0.29, 0.717) is 5.92 Å². The van der Waals surface area contributed by atoms with E-state index in [0.717, 1.165) is 48.8 Å². The number of hydrogen-bond acceptors (Lipinski definition) is 4. The largest absolute Gasteiger partial charge is 0.388 e. The fraction of sp³-hybridized carbons (Fsp3) is 0.444. The first-order chi connectivity index (χ1) is 10.6. The average molecular weight is 297 g/mol. The molecule has 4 nitrogen and oxygen atoms in total. The molecule has 1 aromatic heterocycles. The van der Waals surface area contributed by atoms with Crippen LogP contribution in [-0.4, -0.2) is 28.2 Å². The number of anilines is 1. The highest BCUT2D eigenvalue weighted by atomic mass is 16.3. The third-order valence-electron chi connectivity index (χ3n) is 4.38. The third kappa shape index (κ3) is 3.28. The second kappa shape index (κ2) is 6.44. The van der Waals surface area contributed by atoms with Gasteiger partial charge in [-0.1, -0.05) is 30.3 Å². The molecule has 1 atom stereocenters. The molecule has 0 bridgehead atoms. The summed E-state index contributed by atoms with van der Waals surface area (Å²) in [5.41, 5.74) is 3.03. The van der Waals surface area contributed by atoms with Crippen LogP contribution in [0, 0.1) is 19.8 Å². The molecular formula is C18H23N3O. The van der Waals surface area contributed by atoms with Crippen molar-refractivity contribution < 1.29 is 5.11 Å². The normalized spacial score (nSPS) is 17.5. The summed E-state index contributed by atoms with van der Waals surface area (Å²) in [5, 5.41) is 10.5. The molecule has 0 saturated carbocycles. The van der Waals surface area contributed by atoms with Gasteiger partial charge in [0, 0.05) is 24.5 Å². The van der Waals surface area contributed by atoms with E-state index in [2.05, 4.69) is 14.9 Å². The summed E-state index contributed by atoms with van der Waals surface area (Å²) in [5.74, 6) is 1.13. The molecule has 1 aromatic carbocycles. The highest BCUT2D eigenvalue weighted by Crippen LogP contribution is 2.31. The van der Waals surface area contributed by atoms with E-state index in [1.54, 1.807) is 0 Å². The minimum atomic E-state index is -0.372. The van der Waals surface area contributed by atoms with Crippen LogP contribution in [0.25, 0.3) is 0 Å². The molecule has 0 amide bonds. The Labute approximate surface area is 131 Å². The van der Waals surface area contributed by atoms with Gasteiger partial charge in [0.25, 0.3) is 0 Å². The summed E-state index contributed by atoms with van der Waals surface area (Å²) in [6.45, 7) is 5.81. The van der Waals surface area contributed by atoms with E-state index in [1.165, 1.54) is 0 Å². The van der Waals surface area contributed by atoms with Gasteiger partial charge in [-0.05, 0) is 44.2 Å². The van der Waals surface area contributed by atoms with Gasteiger partial charge in [-0.3, -0.25) is 0 Å². The Morgan fingerprint density at radius 1 is 1.05 bits per heavy atom. The number of aliphatic hydroxyl groups excluding tert-OH is 1. The van der Waals surface area contributed by atoms with Crippen LogP contribution in [0.4, 0.5) is 5.95 Å². The lowest BCUT2D eigenvalue weighted by molar-refractivity contribution is 0.0927. The Bertz CT molecular complexity index is 601. The molecule has 1 saturated heterocycles. The van der Waals surface area contributed by atoms with Gasteiger partial charge in [-0.15, -0.1) is 0 Å². The highest BCUT2D eigenvalue weighted by Gasteiger charge is 2.27. The highest BCUT2D eigenvalue weighted by molar-refractivity contribution is 5.33. The first kappa shape index (κ1) is 15.0. The first-order valence-electron chi connectivity index (χ1n) is 7.94. The summed E-state index contributed by atoms with van der Waals surface area (Å²) in [7, 11) is 0. The number of aliphatic hydroxyl groups is 1. The van der Waals surface area contributed by atoms with Gasteiger partial charge in [0.2, 0.25) is 5.95 Å². The molecule has 4 heteroatoms. The van der Waals surface area contributed by atoms with Gasteiger partial charge in [0.1, 0.15) is 0 Å². The second-order valence-corrected chi connectivity index (χ2v) is 6.13. The van der Waals surface area contributed by atoms with Crippen molar-refractivity contribution in [1.29, 1.82) is 0 Å². The Kier molecular flexibility index (Phi) is 4.39. The van der Waals surface area contributed by atoms with Crippen molar-refractivity contribution >= 4 is 5.95 Å². The molecule has 2 aromatic rings. The number of hydrogen-bond donors (Lipinski definition) is 1. The van der Waals surface area contributed by atoms with Gasteiger partial charge in [-0.2, -0.15) is 0 Å². The number of nitrogens with zero attached hydrogens (tertiary/aromatic N) is 3. The SMILES string of the molecule is Cc1cc(C)nc(N2CCC(C(O)c3ccccc3)CC2)n1. The van der Waals surface area contributed by atoms with Crippen LogP contribution < -0.4 is 4.90 Å². The Hall–Kier alpha value is -1.94. The van der Waals surface area contributed by atoms with Gasteiger partial charge in [0.05, 0.1) is 6.10 Å². The lowest BCUT2D eigenvalue weighted by Gasteiger charge is -2.34. The summed E-state index contributed by atoms with van der Waals surface area (Å²) in [6, 6.07) is 12.0. The maximum Gasteiger partial charge on any atom is 0.225 e. The Morgan fingerprint density at radius 3 is 2.23 bits per heavy atom. The van der Waals surface area contributed by atoms with E-state index in [4.69, 9.17) is 0 Å². The van der Waals surface area contributed by atoms with Crippen LogP contribution in [0.3, 0.4) is 0 Å². The summed E-state index contributed by atoms with van der Waals surface area (Å²) in [6.07, 6.45) is 1.56. The van der Waals surface area contributed by atoms with Gasteiger partial charge < -0.3 is 10.0 Å². The van der Waals surface area contributed by atoms with Crippen LogP contribution in [-0.2, 0) is 0 Å². The molecule has 3 rings (SSSR count). The van der Waals surface area contributed by atoms with Gasteiger partial charge >= 0.3 is 0 Å². The monoisotopic (exact) mass is 297 g/mol. The summed E-state index contributed by atoms with van der Waals surface area (Å²) >= 11 is 0. The number of piperidine rings is 1. The van der Waals surface area contributed by atoms with Crippen molar-refractivity contribution in [2.24, 2.45) is 5.92 Å². The van der Waals surface area contributed by atoms with Crippen LogP contribution in [0.1, 0.15) is 35.9 Å². The van der Waals surface area contributed by atoms with Crippen molar-refractivity contribution in [3.63, 3.8) is 0 Å². The van der Waals surface area contributed by atoms with E-state index >= 15 is 0 Å². The second-order valence-electron chi connectivity index (χ2n) is 6.13. The summed E-state index contributed by atoms with van der Waals surface area (Å²) in [4.78, 5) is 11.3. The van der Waals surface area contributed by atoms with E-state index in [-0.39, 0.29) is 6.10 Å². The van der Waals surface area contributed by atoms with Crippen LogP contribution >= 0.6 is 0 Å².